The summed E-state index contributed by atoms with van der Waals surface area (Å²) < 4.78 is 29.6. The van der Waals surface area contributed by atoms with Crippen LogP contribution in [-0.2, 0) is 86.0 Å². The van der Waals surface area contributed by atoms with Crippen molar-refractivity contribution >= 4 is 71.3 Å². The molecule has 24 nitrogen and oxygen atoms in total. The van der Waals surface area contributed by atoms with Gasteiger partial charge in [-0.2, -0.15) is 0 Å². The van der Waals surface area contributed by atoms with Crippen LogP contribution < -0.4 is 0 Å². The number of carbonyl (C=O) groups is 12. The average molecular weight is 1460 g/mol. The first-order valence-electron chi connectivity index (χ1n) is 40.3. The largest absolute Gasteiger partial charge is 0.466 e. The number of carbonyl (C=O) groups excluding carboxylic acids is 12. The van der Waals surface area contributed by atoms with Gasteiger partial charge in [0, 0.05) is 117 Å². The molecule has 6 rings (SSSR count). The number of esters is 6. The van der Waals surface area contributed by atoms with Crippen LogP contribution in [-0.4, -0.2) is 219 Å². The summed E-state index contributed by atoms with van der Waals surface area (Å²) in [7, 11) is 0. The number of amides is 6. The van der Waals surface area contributed by atoms with Gasteiger partial charge >= 0.3 is 35.8 Å². The molecular weight excluding hydrogens is 1320 g/mol. The van der Waals surface area contributed by atoms with E-state index < -0.39 is 0 Å². The predicted octanol–water partition coefficient (Wildman–Crippen LogP) is 12.3. The molecule has 103 heavy (non-hydrogen) atoms. The molecule has 0 bridgehead atoms. The fourth-order valence-electron chi connectivity index (χ4n) is 13.1. The Morgan fingerprint density at radius 3 is 0.573 bits per heavy atom. The number of nitrogens with zero attached hydrogens (tertiary/aromatic N) is 6. The Bertz CT molecular complexity index is 2450. The van der Waals surface area contributed by atoms with E-state index in [0.717, 1.165) is 71.2 Å². The Hall–Kier alpha value is -6.36. The number of hydrogen-bond acceptors (Lipinski definition) is 18. The third kappa shape index (κ3) is 40.1. The molecule has 0 radical (unpaired) electrons. The van der Waals surface area contributed by atoms with Gasteiger partial charge in [-0.1, -0.05) is 163 Å². The first-order valence-corrected chi connectivity index (χ1v) is 40.3. The molecule has 6 amide bonds. The summed E-state index contributed by atoms with van der Waals surface area (Å²) in [5.41, 5.74) is 0. The van der Waals surface area contributed by atoms with E-state index in [-0.39, 0.29) is 107 Å². The number of likely N-dealkylation sites (tertiary alicyclic amines) is 6. The topological polar surface area (TPSA) is 280 Å². The van der Waals surface area contributed by atoms with Crippen LogP contribution in [0.2, 0.25) is 0 Å². The number of rotatable bonds is 43. The lowest BCUT2D eigenvalue weighted by molar-refractivity contribution is -0.148. The molecule has 0 N–H and O–H groups in total. The number of hydrogen-bond donors (Lipinski definition) is 0. The third-order valence-electron chi connectivity index (χ3n) is 19.0. The van der Waals surface area contributed by atoms with Gasteiger partial charge in [0.05, 0.1) is 75.1 Å². The minimum atomic E-state index is -0.244. The van der Waals surface area contributed by atoms with Crippen LogP contribution in [0, 0.1) is 35.5 Å². The quantitative estimate of drug-likeness (QED) is 0.0311. The van der Waals surface area contributed by atoms with Crippen molar-refractivity contribution in [2.24, 2.45) is 35.5 Å². The third-order valence-corrected chi connectivity index (χ3v) is 19.0. The predicted molar refractivity (Wildman–Crippen MR) is 397 cm³/mol. The summed E-state index contributed by atoms with van der Waals surface area (Å²) in [5, 5.41) is 0. The molecule has 6 aliphatic rings. The van der Waals surface area contributed by atoms with Crippen LogP contribution in [0.25, 0.3) is 0 Å². The van der Waals surface area contributed by atoms with Crippen LogP contribution in [0.1, 0.15) is 282 Å². The lowest BCUT2D eigenvalue weighted by Gasteiger charge is -2.16. The lowest BCUT2D eigenvalue weighted by atomic mass is 10.1. The molecule has 0 aromatic rings. The summed E-state index contributed by atoms with van der Waals surface area (Å²) in [6, 6.07) is 0. The van der Waals surface area contributed by atoms with Crippen molar-refractivity contribution in [1.82, 2.24) is 29.4 Å². The molecule has 6 saturated heterocycles. The Morgan fingerprint density at radius 1 is 0.233 bits per heavy atom. The summed E-state index contributed by atoms with van der Waals surface area (Å²) in [4.78, 5) is 149. The highest BCUT2D eigenvalue weighted by Crippen LogP contribution is 2.25. The van der Waals surface area contributed by atoms with Crippen molar-refractivity contribution in [3.63, 3.8) is 0 Å². The zero-order valence-corrected chi connectivity index (χ0v) is 66.1. The highest BCUT2D eigenvalue weighted by atomic mass is 16.6. The molecule has 0 aromatic heterocycles. The molecular formula is C79H140N6O18. The molecule has 24 heteroatoms. The van der Waals surface area contributed by atoms with Crippen molar-refractivity contribution in [2.45, 2.75) is 282 Å². The van der Waals surface area contributed by atoms with Gasteiger partial charge in [0.1, 0.15) is 0 Å². The molecule has 6 fully saturated rings. The van der Waals surface area contributed by atoms with E-state index in [1.165, 1.54) is 122 Å². The van der Waals surface area contributed by atoms with Gasteiger partial charge in [0.15, 0.2) is 0 Å². The lowest BCUT2D eigenvalue weighted by Crippen LogP contribution is -2.27. The standard InChI is InChI=1S/C17H31NO3.C16H29NO3.C14H25NO3.C13H23NO3.C10H17NO3.C9H15NO3/c1-3-5-6-7-8-9-10-11-12-18-14-15(13-16(18)19)17(20)21-4-2;1-3-5-6-7-8-9-10-11-17-13-14(12-15(17)18)16(19)20-4-2;1-3-5-6-7-8-9-15-11-12(10-13(15)16)14(17)18-4-2;1-3-5-6-7-8-14-10-11(9-12(14)15)13(16)17-4-2;1-3-5-11-7-8(6-9(11)12)10(13)14-4-2;1-3-10-6-7(5-8(10)11)9(12)13-4-2/h15H,3-14H2,1-2H3;14H,3-13H2,1-2H3;12H,3-11H2,1-2H3;11H,3-10H2,1-2H3;8H,3-7H2,1-2H3;7H,3-6H2,1-2H3. The molecule has 0 spiro atoms. The fraction of sp³-hybridized carbons (Fsp3) is 0.848. The summed E-state index contributed by atoms with van der Waals surface area (Å²) >= 11 is 0. The van der Waals surface area contributed by atoms with Crippen molar-refractivity contribution in [2.75, 3.05) is 118 Å². The van der Waals surface area contributed by atoms with Crippen LogP contribution in [0.3, 0.4) is 0 Å². The fourth-order valence-corrected chi connectivity index (χ4v) is 13.1. The van der Waals surface area contributed by atoms with Crippen molar-refractivity contribution < 1.29 is 86.0 Å². The molecule has 6 aliphatic heterocycles. The Labute approximate surface area is 619 Å². The normalized spacial score (nSPS) is 19.7. The molecule has 0 aliphatic carbocycles. The first kappa shape index (κ1) is 94.7. The highest BCUT2D eigenvalue weighted by Gasteiger charge is 2.39. The molecule has 0 aromatic carbocycles. The summed E-state index contributed by atoms with van der Waals surface area (Å²) in [6.45, 7) is 33.6. The second-order valence-corrected chi connectivity index (χ2v) is 27.6. The summed E-state index contributed by atoms with van der Waals surface area (Å²) in [5.74, 6) is -2.28. The van der Waals surface area contributed by atoms with Crippen LogP contribution in [0.5, 0.6) is 0 Å². The van der Waals surface area contributed by atoms with Crippen LogP contribution >= 0.6 is 0 Å². The Morgan fingerprint density at radius 2 is 0.398 bits per heavy atom. The van der Waals surface area contributed by atoms with E-state index in [0.29, 0.717) is 124 Å². The van der Waals surface area contributed by atoms with Gasteiger partial charge in [0.2, 0.25) is 35.4 Å². The highest BCUT2D eigenvalue weighted by molar-refractivity contribution is 5.90. The average Bonchev–Trinajstić information content (AvgIpc) is 1.78. The monoisotopic (exact) mass is 1460 g/mol. The van der Waals surface area contributed by atoms with E-state index >= 15 is 0 Å². The molecule has 6 unspecified atom stereocenters. The maximum Gasteiger partial charge on any atom is 0.311 e. The van der Waals surface area contributed by atoms with Gasteiger partial charge in [-0.15, -0.1) is 0 Å². The van der Waals surface area contributed by atoms with Crippen molar-refractivity contribution in [3.8, 4) is 0 Å². The smallest absolute Gasteiger partial charge is 0.311 e. The van der Waals surface area contributed by atoms with Gasteiger partial charge in [0.25, 0.3) is 0 Å². The van der Waals surface area contributed by atoms with Crippen LogP contribution in [0.4, 0.5) is 0 Å². The van der Waals surface area contributed by atoms with Gasteiger partial charge < -0.3 is 57.8 Å². The molecule has 0 saturated carbocycles. The molecule has 6 atom stereocenters. The zero-order valence-electron chi connectivity index (χ0n) is 66.1. The van der Waals surface area contributed by atoms with E-state index in [4.69, 9.17) is 28.4 Å². The van der Waals surface area contributed by atoms with E-state index in [2.05, 4.69) is 27.7 Å². The minimum Gasteiger partial charge on any atom is -0.466 e. The Balaban J connectivity index is 0.000000622. The van der Waals surface area contributed by atoms with E-state index in [1.54, 1.807) is 56.2 Å². The first-order chi connectivity index (χ1) is 49.6. The second kappa shape index (κ2) is 58.9. The van der Waals surface area contributed by atoms with E-state index in [9.17, 15) is 57.5 Å². The molecule has 6 heterocycles. The minimum absolute atomic E-state index is 0.0561. The van der Waals surface area contributed by atoms with Gasteiger partial charge in [-0.05, 0) is 80.6 Å². The maximum absolute atomic E-state index is 11.8. The second-order valence-electron chi connectivity index (χ2n) is 27.6. The SMILES string of the molecule is CCCCCCCCCCN1CC(C(=O)OCC)CC1=O.CCCCCCCCCN1CC(C(=O)OCC)CC1=O.CCCCCCCN1CC(C(=O)OCC)CC1=O.CCCCCCN1CC(C(=O)OCC)CC1=O.CCCN1CC(C(=O)OCC)CC1=O.CCOC(=O)C1CC(=O)N(CC)C1. The molecule has 594 valence electrons. The number of ether oxygens (including phenoxy) is 6. The maximum atomic E-state index is 11.8. The van der Waals surface area contributed by atoms with Crippen molar-refractivity contribution in [1.29, 1.82) is 0 Å². The Kier molecular flexibility index (Phi) is 54.1. The number of unbranched alkanes of at least 4 members (excludes halogenated alkanes) is 20. The van der Waals surface area contributed by atoms with Crippen LogP contribution in [0.15, 0.2) is 0 Å². The van der Waals surface area contributed by atoms with Gasteiger partial charge in [-0.25, -0.2) is 0 Å². The van der Waals surface area contributed by atoms with Gasteiger partial charge in [-0.3, -0.25) is 57.5 Å². The zero-order chi connectivity index (χ0) is 76.7. The summed E-state index contributed by atoms with van der Waals surface area (Å²) in [6.07, 6.45) is 32.2. The van der Waals surface area contributed by atoms with Crippen molar-refractivity contribution in [3.05, 3.63) is 0 Å². The van der Waals surface area contributed by atoms with E-state index in [1.807, 2.05) is 28.5 Å².